The topological polar surface area (TPSA) is 53.2 Å². The molecule has 19 heavy (non-hydrogen) atoms. The largest absolute Gasteiger partial charge is 0.352 e. The highest BCUT2D eigenvalue weighted by molar-refractivity contribution is 5.82. The van der Waals surface area contributed by atoms with Crippen LogP contribution in [0.3, 0.4) is 0 Å². The molecule has 3 rings (SSSR count). The van der Waals surface area contributed by atoms with Crippen LogP contribution in [-0.2, 0) is 4.79 Å². The lowest BCUT2D eigenvalue weighted by atomic mass is 10.0. The summed E-state index contributed by atoms with van der Waals surface area (Å²) in [5.41, 5.74) is 7.56. The quantitative estimate of drug-likeness (QED) is 0.773. The standard InChI is InChI=1S/C15H21N3O/c19-15(16-12-8-4-5-9-12)14-10-13(17-18-14)11-6-2-1-3-7-11/h1-3,6-7,12-14,17-18H,4-5,8-10H2,(H,16,19). The van der Waals surface area contributed by atoms with Gasteiger partial charge in [0.15, 0.2) is 0 Å². The van der Waals surface area contributed by atoms with Gasteiger partial charge in [0, 0.05) is 12.1 Å². The van der Waals surface area contributed by atoms with Gasteiger partial charge >= 0.3 is 0 Å². The molecule has 1 saturated carbocycles. The number of rotatable bonds is 3. The zero-order valence-corrected chi connectivity index (χ0v) is 11.1. The Morgan fingerprint density at radius 1 is 1.11 bits per heavy atom. The van der Waals surface area contributed by atoms with Crippen LogP contribution in [0.1, 0.15) is 43.7 Å². The molecule has 1 aromatic rings. The average molecular weight is 259 g/mol. The first-order valence-electron chi connectivity index (χ1n) is 7.19. The van der Waals surface area contributed by atoms with E-state index in [-0.39, 0.29) is 18.0 Å². The van der Waals surface area contributed by atoms with Crippen molar-refractivity contribution in [1.82, 2.24) is 16.2 Å². The van der Waals surface area contributed by atoms with E-state index in [4.69, 9.17) is 0 Å². The molecular formula is C15H21N3O. The van der Waals surface area contributed by atoms with Gasteiger partial charge in [-0.15, -0.1) is 0 Å². The molecule has 0 aromatic heterocycles. The van der Waals surface area contributed by atoms with Gasteiger partial charge in [-0.2, -0.15) is 0 Å². The van der Waals surface area contributed by atoms with E-state index >= 15 is 0 Å². The zero-order chi connectivity index (χ0) is 13.1. The van der Waals surface area contributed by atoms with Crippen LogP contribution in [0.5, 0.6) is 0 Å². The molecule has 0 radical (unpaired) electrons. The number of amides is 1. The Bertz CT molecular complexity index is 428. The third-order valence-corrected chi connectivity index (χ3v) is 4.12. The number of hydrogen-bond acceptors (Lipinski definition) is 3. The number of benzene rings is 1. The van der Waals surface area contributed by atoms with E-state index in [0.717, 1.165) is 19.3 Å². The minimum Gasteiger partial charge on any atom is -0.352 e. The van der Waals surface area contributed by atoms with E-state index in [1.54, 1.807) is 0 Å². The molecule has 2 unspecified atom stereocenters. The van der Waals surface area contributed by atoms with Crippen molar-refractivity contribution in [3.8, 4) is 0 Å². The number of carbonyl (C=O) groups excluding carboxylic acids is 1. The van der Waals surface area contributed by atoms with Gasteiger partial charge in [-0.1, -0.05) is 43.2 Å². The highest BCUT2D eigenvalue weighted by atomic mass is 16.2. The van der Waals surface area contributed by atoms with Gasteiger partial charge in [0.2, 0.25) is 5.91 Å². The lowest BCUT2D eigenvalue weighted by molar-refractivity contribution is -0.123. The summed E-state index contributed by atoms with van der Waals surface area (Å²) in [6.07, 6.45) is 5.56. The molecule has 1 heterocycles. The first-order chi connectivity index (χ1) is 9.33. The fourth-order valence-corrected chi connectivity index (χ4v) is 3.00. The van der Waals surface area contributed by atoms with Crippen LogP contribution in [0.4, 0.5) is 0 Å². The zero-order valence-electron chi connectivity index (χ0n) is 11.1. The van der Waals surface area contributed by atoms with E-state index in [1.165, 1.54) is 18.4 Å². The van der Waals surface area contributed by atoms with Crippen LogP contribution < -0.4 is 16.2 Å². The van der Waals surface area contributed by atoms with Crippen molar-refractivity contribution in [2.75, 3.05) is 0 Å². The summed E-state index contributed by atoms with van der Waals surface area (Å²) in [4.78, 5) is 12.2. The summed E-state index contributed by atoms with van der Waals surface area (Å²) >= 11 is 0. The molecule has 0 bridgehead atoms. The molecule has 1 aromatic carbocycles. The Labute approximate surface area is 113 Å². The molecule has 102 valence electrons. The lowest BCUT2D eigenvalue weighted by Gasteiger charge is -2.15. The molecule has 1 amide bonds. The molecule has 4 heteroatoms. The van der Waals surface area contributed by atoms with Crippen LogP contribution in [0.15, 0.2) is 30.3 Å². The normalized spacial score (nSPS) is 27.6. The predicted octanol–water partition coefficient (Wildman–Crippen LogP) is 1.65. The monoisotopic (exact) mass is 259 g/mol. The average Bonchev–Trinajstić information content (AvgIpc) is 3.10. The van der Waals surface area contributed by atoms with E-state index in [1.807, 2.05) is 18.2 Å². The second-order valence-corrected chi connectivity index (χ2v) is 5.53. The van der Waals surface area contributed by atoms with Gasteiger partial charge < -0.3 is 5.32 Å². The Morgan fingerprint density at radius 3 is 2.58 bits per heavy atom. The molecule has 1 aliphatic heterocycles. The summed E-state index contributed by atoms with van der Waals surface area (Å²) in [6, 6.07) is 10.8. The number of hydrazine groups is 1. The van der Waals surface area contributed by atoms with E-state index < -0.39 is 0 Å². The molecule has 3 N–H and O–H groups in total. The second kappa shape index (κ2) is 5.72. The molecule has 0 spiro atoms. The Kier molecular flexibility index (Phi) is 3.80. The molecule has 1 saturated heterocycles. The van der Waals surface area contributed by atoms with Crippen molar-refractivity contribution < 1.29 is 4.79 Å². The van der Waals surface area contributed by atoms with Crippen molar-refractivity contribution >= 4 is 5.91 Å². The van der Waals surface area contributed by atoms with Gasteiger partial charge in [0.05, 0.1) is 0 Å². The molecule has 2 fully saturated rings. The third-order valence-electron chi connectivity index (χ3n) is 4.12. The second-order valence-electron chi connectivity index (χ2n) is 5.53. The van der Waals surface area contributed by atoms with Crippen molar-refractivity contribution in [1.29, 1.82) is 0 Å². The Morgan fingerprint density at radius 2 is 1.84 bits per heavy atom. The third kappa shape index (κ3) is 2.96. The van der Waals surface area contributed by atoms with Crippen molar-refractivity contribution in [2.45, 2.75) is 50.2 Å². The first kappa shape index (κ1) is 12.6. The Balaban J connectivity index is 1.55. The number of carbonyl (C=O) groups is 1. The number of hydrogen-bond donors (Lipinski definition) is 3. The predicted molar refractivity (Wildman–Crippen MR) is 74.3 cm³/mol. The van der Waals surface area contributed by atoms with Crippen molar-refractivity contribution in [3.05, 3.63) is 35.9 Å². The highest BCUT2D eigenvalue weighted by Gasteiger charge is 2.31. The maximum atomic E-state index is 12.2. The molecule has 4 nitrogen and oxygen atoms in total. The smallest absolute Gasteiger partial charge is 0.238 e. The fraction of sp³-hybridized carbons (Fsp3) is 0.533. The van der Waals surface area contributed by atoms with Gasteiger partial charge in [0.25, 0.3) is 0 Å². The van der Waals surface area contributed by atoms with Crippen LogP contribution >= 0.6 is 0 Å². The van der Waals surface area contributed by atoms with E-state index in [0.29, 0.717) is 6.04 Å². The summed E-state index contributed by atoms with van der Waals surface area (Å²) in [6.45, 7) is 0. The summed E-state index contributed by atoms with van der Waals surface area (Å²) in [7, 11) is 0. The number of nitrogens with one attached hydrogen (secondary N) is 3. The van der Waals surface area contributed by atoms with Gasteiger partial charge in [-0.25, -0.2) is 10.9 Å². The fourth-order valence-electron chi connectivity index (χ4n) is 3.00. The van der Waals surface area contributed by atoms with Crippen molar-refractivity contribution in [3.63, 3.8) is 0 Å². The SMILES string of the molecule is O=C(NC1CCCC1)C1CC(c2ccccc2)NN1. The summed E-state index contributed by atoms with van der Waals surface area (Å²) in [5, 5.41) is 3.15. The van der Waals surface area contributed by atoms with E-state index in [9.17, 15) is 4.79 Å². The minimum absolute atomic E-state index is 0.120. The van der Waals surface area contributed by atoms with E-state index in [2.05, 4.69) is 28.3 Å². The molecule has 2 aliphatic rings. The molecular weight excluding hydrogens is 238 g/mol. The van der Waals surface area contributed by atoms with Crippen LogP contribution in [0.25, 0.3) is 0 Å². The minimum atomic E-state index is -0.120. The maximum Gasteiger partial charge on any atom is 0.238 e. The highest BCUT2D eigenvalue weighted by Crippen LogP contribution is 2.23. The summed E-state index contributed by atoms with van der Waals surface area (Å²) < 4.78 is 0. The van der Waals surface area contributed by atoms with Gasteiger partial charge in [-0.05, 0) is 24.8 Å². The Hall–Kier alpha value is -1.39. The molecule has 2 atom stereocenters. The summed E-state index contributed by atoms with van der Waals surface area (Å²) in [5.74, 6) is 0.137. The lowest BCUT2D eigenvalue weighted by Crippen LogP contribution is -2.46. The van der Waals surface area contributed by atoms with Gasteiger partial charge in [-0.3, -0.25) is 4.79 Å². The first-order valence-corrected chi connectivity index (χ1v) is 7.19. The van der Waals surface area contributed by atoms with Crippen molar-refractivity contribution in [2.24, 2.45) is 0 Å². The van der Waals surface area contributed by atoms with Crippen LogP contribution in [0.2, 0.25) is 0 Å². The molecule has 1 aliphatic carbocycles. The van der Waals surface area contributed by atoms with Crippen LogP contribution in [0, 0.1) is 0 Å². The van der Waals surface area contributed by atoms with Crippen LogP contribution in [-0.4, -0.2) is 18.0 Å². The van der Waals surface area contributed by atoms with Gasteiger partial charge in [0.1, 0.15) is 6.04 Å². The maximum absolute atomic E-state index is 12.2.